The molecule has 3 heterocycles. The van der Waals surface area contributed by atoms with E-state index in [-0.39, 0.29) is 42.1 Å². The Hall–Kier alpha value is -3.81. The van der Waals surface area contributed by atoms with Crippen molar-refractivity contribution in [1.29, 1.82) is 0 Å². The molecule has 290 valence electrons. The lowest BCUT2D eigenvalue weighted by Gasteiger charge is -2.50. The predicted octanol–water partition coefficient (Wildman–Crippen LogP) is 3.37. The van der Waals surface area contributed by atoms with Gasteiger partial charge in [0, 0.05) is 56.9 Å². The van der Waals surface area contributed by atoms with E-state index in [1.54, 1.807) is 35.8 Å². The molecular formula is C40H58N6O7. The molecule has 53 heavy (non-hydrogen) atoms. The van der Waals surface area contributed by atoms with Gasteiger partial charge in [0.15, 0.2) is 0 Å². The highest BCUT2D eigenvalue weighted by Gasteiger charge is 2.62. The summed E-state index contributed by atoms with van der Waals surface area (Å²) in [5.41, 5.74) is -0.375. The predicted molar refractivity (Wildman–Crippen MR) is 197 cm³/mol. The van der Waals surface area contributed by atoms with Crippen LogP contribution >= 0.6 is 0 Å². The lowest BCUT2D eigenvalue weighted by Crippen LogP contribution is -2.66. The number of aliphatic hydroxyl groups is 1. The first kappa shape index (κ1) is 38.9. The molecule has 0 bridgehead atoms. The summed E-state index contributed by atoms with van der Waals surface area (Å²) < 4.78 is 8.03. The maximum Gasteiger partial charge on any atom is 0.310 e. The zero-order valence-corrected chi connectivity index (χ0v) is 31.9. The van der Waals surface area contributed by atoms with Crippen LogP contribution in [0.1, 0.15) is 89.1 Å². The summed E-state index contributed by atoms with van der Waals surface area (Å²) in [5.74, 6) is -1.78. The second-order valence-corrected chi connectivity index (χ2v) is 17.5. The lowest BCUT2D eigenvalue weighted by atomic mass is 9.70. The van der Waals surface area contributed by atoms with Gasteiger partial charge in [-0.2, -0.15) is 5.10 Å². The van der Waals surface area contributed by atoms with Crippen LogP contribution in [0.3, 0.4) is 0 Å². The van der Waals surface area contributed by atoms with Gasteiger partial charge in [-0.15, -0.1) is 0 Å². The molecular weight excluding hydrogens is 676 g/mol. The number of ether oxygens (including phenoxy) is 1. The average molecular weight is 735 g/mol. The number of amides is 3. The number of carboxylic acid groups (broad SMARTS) is 1. The Labute approximate surface area is 312 Å². The van der Waals surface area contributed by atoms with Crippen molar-refractivity contribution in [1.82, 2.24) is 30.2 Å². The van der Waals surface area contributed by atoms with Crippen LogP contribution < -0.4 is 10.6 Å². The summed E-state index contributed by atoms with van der Waals surface area (Å²) in [6, 6.07) is 8.95. The summed E-state index contributed by atoms with van der Waals surface area (Å²) in [7, 11) is 0. The van der Waals surface area contributed by atoms with E-state index in [2.05, 4.69) is 29.6 Å². The van der Waals surface area contributed by atoms with Crippen molar-refractivity contribution in [3.8, 4) is 0 Å². The number of rotatable bonds is 15. The van der Waals surface area contributed by atoms with Crippen molar-refractivity contribution in [2.24, 2.45) is 34.0 Å². The monoisotopic (exact) mass is 734 g/mol. The number of aliphatic hydroxyl groups excluding tert-OH is 1. The number of aliphatic carboxylic acids is 1. The zero-order chi connectivity index (χ0) is 38.1. The maximum atomic E-state index is 14.5. The molecule has 1 aromatic heterocycles. The summed E-state index contributed by atoms with van der Waals surface area (Å²) >= 11 is 0. The topological polar surface area (TPSA) is 166 Å². The summed E-state index contributed by atoms with van der Waals surface area (Å²) in [4.78, 5) is 57.2. The molecule has 1 unspecified atom stereocenters. The molecule has 2 saturated carbocycles. The Morgan fingerprint density at radius 1 is 1.02 bits per heavy atom. The van der Waals surface area contributed by atoms with Gasteiger partial charge in [0.25, 0.3) is 5.91 Å². The molecule has 2 aliphatic carbocycles. The van der Waals surface area contributed by atoms with Gasteiger partial charge >= 0.3 is 5.97 Å². The van der Waals surface area contributed by atoms with Gasteiger partial charge in [-0.1, -0.05) is 63.4 Å². The fourth-order valence-corrected chi connectivity index (χ4v) is 8.32. The van der Waals surface area contributed by atoms with Gasteiger partial charge < -0.3 is 30.1 Å². The number of carboxylic acids is 1. The van der Waals surface area contributed by atoms with E-state index in [4.69, 9.17) is 4.74 Å². The van der Waals surface area contributed by atoms with Gasteiger partial charge in [-0.3, -0.25) is 29.2 Å². The lowest BCUT2D eigenvalue weighted by molar-refractivity contribution is -0.152. The van der Waals surface area contributed by atoms with E-state index >= 15 is 0 Å². The van der Waals surface area contributed by atoms with Gasteiger partial charge in [0.05, 0.1) is 41.8 Å². The minimum Gasteiger partial charge on any atom is -0.481 e. The van der Waals surface area contributed by atoms with Crippen molar-refractivity contribution in [2.45, 2.75) is 98.1 Å². The SMILES string of the molecule is C[C@@H](OCC1CCCCC1)[C@H](NC(=O)[C@@H]1CN(C(=O)c2cnn(Cc3ccccc3)c2)CC12CN(C(=O)[C@H]1CC1(C)C)C2)C(O)NCC(C)(C)C(=O)O. The highest BCUT2D eigenvalue weighted by Crippen LogP contribution is 2.54. The van der Waals surface area contributed by atoms with Crippen molar-refractivity contribution in [3.63, 3.8) is 0 Å². The third kappa shape index (κ3) is 8.78. The third-order valence-corrected chi connectivity index (χ3v) is 12.3. The van der Waals surface area contributed by atoms with Crippen LogP contribution in [-0.2, 0) is 25.7 Å². The molecule has 2 saturated heterocycles. The van der Waals surface area contributed by atoms with E-state index in [9.17, 15) is 29.4 Å². The number of carbonyl (C=O) groups excluding carboxylic acids is 3. The minimum absolute atomic E-state index is 0.0342. The van der Waals surface area contributed by atoms with Gasteiger partial charge in [0.1, 0.15) is 6.23 Å². The first-order valence-corrected chi connectivity index (χ1v) is 19.3. The number of likely N-dealkylation sites (tertiary alicyclic amines) is 2. The highest BCUT2D eigenvalue weighted by atomic mass is 16.5. The van der Waals surface area contributed by atoms with E-state index in [0.29, 0.717) is 44.3 Å². The highest BCUT2D eigenvalue weighted by molar-refractivity contribution is 5.95. The third-order valence-electron chi connectivity index (χ3n) is 12.3. The number of nitrogens with zero attached hydrogens (tertiary/aromatic N) is 4. The Bertz CT molecular complexity index is 1630. The number of carbonyl (C=O) groups is 4. The van der Waals surface area contributed by atoms with Crippen molar-refractivity contribution in [3.05, 3.63) is 53.9 Å². The quantitative estimate of drug-likeness (QED) is 0.201. The molecule has 4 aliphatic rings. The molecule has 0 radical (unpaired) electrons. The number of nitrogens with one attached hydrogen (secondary N) is 2. The molecule has 1 spiro atoms. The Morgan fingerprint density at radius 2 is 1.68 bits per heavy atom. The second-order valence-electron chi connectivity index (χ2n) is 17.5. The number of benzene rings is 1. The summed E-state index contributed by atoms with van der Waals surface area (Å²) in [6.07, 6.45) is 7.88. The van der Waals surface area contributed by atoms with Crippen LogP contribution in [0.2, 0.25) is 0 Å². The summed E-state index contributed by atoms with van der Waals surface area (Å²) in [6.45, 7) is 11.3. The molecule has 13 nitrogen and oxygen atoms in total. The van der Waals surface area contributed by atoms with Crippen LogP contribution in [0.4, 0.5) is 0 Å². The van der Waals surface area contributed by atoms with Crippen LogP contribution in [0, 0.1) is 34.0 Å². The maximum absolute atomic E-state index is 14.5. The van der Waals surface area contributed by atoms with E-state index in [1.165, 1.54) is 6.42 Å². The minimum atomic E-state index is -1.30. The number of hydrogen-bond donors (Lipinski definition) is 4. The largest absolute Gasteiger partial charge is 0.481 e. The molecule has 2 aromatic rings. The normalized spacial score (nSPS) is 24.0. The molecule has 4 N–H and O–H groups in total. The van der Waals surface area contributed by atoms with Gasteiger partial charge in [-0.05, 0) is 56.9 Å². The molecule has 6 rings (SSSR count). The van der Waals surface area contributed by atoms with Gasteiger partial charge in [-0.25, -0.2) is 0 Å². The molecule has 2 aliphatic heterocycles. The number of hydrogen-bond acceptors (Lipinski definition) is 8. The Morgan fingerprint density at radius 3 is 2.32 bits per heavy atom. The van der Waals surface area contributed by atoms with Crippen molar-refractivity contribution in [2.75, 3.05) is 39.3 Å². The first-order valence-electron chi connectivity index (χ1n) is 19.3. The average Bonchev–Trinajstić information content (AvgIpc) is 3.41. The van der Waals surface area contributed by atoms with Crippen molar-refractivity contribution < 1.29 is 34.1 Å². The van der Waals surface area contributed by atoms with Crippen molar-refractivity contribution >= 4 is 23.7 Å². The van der Waals surface area contributed by atoms with E-state index in [0.717, 1.165) is 37.7 Å². The molecule has 3 amide bonds. The molecule has 1 aromatic carbocycles. The number of aromatic nitrogens is 2. The second kappa shape index (κ2) is 15.5. The van der Waals surface area contributed by atoms with Crippen LogP contribution in [0.25, 0.3) is 0 Å². The first-order chi connectivity index (χ1) is 25.1. The van der Waals surface area contributed by atoms with E-state index < -0.39 is 41.1 Å². The fraction of sp³-hybridized carbons (Fsp3) is 0.675. The zero-order valence-electron chi connectivity index (χ0n) is 31.9. The summed E-state index contributed by atoms with van der Waals surface area (Å²) in [5, 5.41) is 31.6. The standard InChI is InChI=1S/C40H58N6O7/c1-26(53-21-28-14-10-7-11-15-28)32(34(48)41-22-39(4,5)37(51)52)43-33(47)31-20-44(23-40(31)24-45(25-40)36(50)30-16-38(30,2)3)35(49)29-17-42-46(19-29)18-27-12-8-6-9-13-27/h6,8-9,12-13,17,19,26,28,30-32,34,41,48H,7,10-11,14-16,18,20-25H2,1-5H3,(H,43,47)(H,51,52)/t26-,30-,31+,32+,34?/m1/s1. The van der Waals surface area contributed by atoms with Crippen LogP contribution in [0.15, 0.2) is 42.7 Å². The molecule has 4 fully saturated rings. The van der Waals surface area contributed by atoms with E-state index in [1.807, 2.05) is 42.2 Å². The fourth-order valence-electron chi connectivity index (χ4n) is 8.32. The van der Waals surface area contributed by atoms with Crippen LogP contribution in [-0.4, -0.2) is 111 Å². The Balaban J connectivity index is 1.19. The molecule has 13 heteroatoms. The van der Waals surface area contributed by atoms with Crippen LogP contribution in [0.5, 0.6) is 0 Å². The van der Waals surface area contributed by atoms with Gasteiger partial charge in [0.2, 0.25) is 11.8 Å². The molecule has 5 atom stereocenters. The Kier molecular flexibility index (Phi) is 11.4. The smallest absolute Gasteiger partial charge is 0.310 e.